The average Bonchev–Trinajstić information content (AvgIpc) is 3.20. The molecular weight excluding hydrogens is 394 g/mol. The zero-order valence-corrected chi connectivity index (χ0v) is 15.7. The predicted molar refractivity (Wildman–Crippen MR) is 104 cm³/mol. The summed E-state index contributed by atoms with van der Waals surface area (Å²) >= 11 is 0. The van der Waals surface area contributed by atoms with Crippen LogP contribution in [-0.4, -0.2) is 36.6 Å². The number of aliphatic hydroxyl groups excluding tert-OH is 1. The highest BCUT2D eigenvalue weighted by Crippen LogP contribution is 2.30. The van der Waals surface area contributed by atoms with Gasteiger partial charge < -0.3 is 15.6 Å². The van der Waals surface area contributed by atoms with Crippen LogP contribution in [0.2, 0.25) is 0 Å². The van der Waals surface area contributed by atoms with Gasteiger partial charge >= 0.3 is 0 Å². The molecule has 0 aliphatic rings. The molecule has 0 fully saturated rings. The summed E-state index contributed by atoms with van der Waals surface area (Å²) in [5, 5.41) is 20.6. The minimum Gasteiger partial charge on any atom is -0.465 e. The monoisotopic (exact) mass is 410 g/mol. The van der Waals surface area contributed by atoms with Crippen LogP contribution in [0.5, 0.6) is 5.75 Å². The molecule has 8 nitrogen and oxygen atoms in total. The largest absolute Gasteiger partial charge is 0.465 e. The fraction of sp³-hybridized carbons (Fsp3) is 0.100. The van der Waals surface area contributed by atoms with E-state index >= 15 is 0 Å². The van der Waals surface area contributed by atoms with Gasteiger partial charge in [-0.15, -0.1) is 5.10 Å². The number of aromatic nitrogens is 5. The van der Waals surface area contributed by atoms with Gasteiger partial charge in [-0.25, -0.2) is 13.8 Å². The molecule has 0 aliphatic heterocycles. The van der Waals surface area contributed by atoms with Crippen molar-refractivity contribution >= 4 is 5.82 Å². The summed E-state index contributed by atoms with van der Waals surface area (Å²) in [5.74, 6) is -1.36. The van der Waals surface area contributed by atoms with E-state index in [1.54, 1.807) is 36.5 Å². The number of hydrogen-bond acceptors (Lipinski definition) is 7. The lowest BCUT2D eigenvalue weighted by Gasteiger charge is -2.11. The summed E-state index contributed by atoms with van der Waals surface area (Å²) in [6, 6.07) is 12.4. The number of halogens is 2. The Morgan fingerprint density at radius 1 is 1.10 bits per heavy atom. The van der Waals surface area contributed by atoms with E-state index in [2.05, 4.69) is 20.5 Å². The minimum atomic E-state index is -1.08. The van der Waals surface area contributed by atoms with Gasteiger partial charge in [0.25, 0.3) is 0 Å². The van der Waals surface area contributed by atoms with Crippen LogP contribution in [0.1, 0.15) is 6.92 Å². The smallest absolute Gasteiger partial charge is 0.194 e. The molecular formula is C20H16F2N6O2. The van der Waals surface area contributed by atoms with Gasteiger partial charge in [-0.2, -0.15) is 4.68 Å². The van der Waals surface area contributed by atoms with E-state index in [0.717, 1.165) is 16.3 Å². The van der Waals surface area contributed by atoms with Crippen molar-refractivity contribution in [1.29, 1.82) is 0 Å². The molecule has 152 valence electrons. The standard InChI is InChI=1S/C20H16F2N6O2/c1-11(29)30-14-7-5-12(6-8-14)13-9-15(19(23)24-10-13)20-25-26-27-28(20)17-4-2-3-16(21)18(17)22/h2-11,29H,1H3,(H2,23,24). The van der Waals surface area contributed by atoms with Crippen molar-refractivity contribution in [1.82, 2.24) is 25.2 Å². The van der Waals surface area contributed by atoms with E-state index in [-0.39, 0.29) is 17.3 Å². The van der Waals surface area contributed by atoms with Gasteiger partial charge in [0, 0.05) is 11.8 Å². The van der Waals surface area contributed by atoms with Crippen molar-refractivity contribution in [2.45, 2.75) is 13.2 Å². The lowest BCUT2D eigenvalue weighted by molar-refractivity contribution is -0.000283. The van der Waals surface area contributed by atoms with Crippen LogP contribution in [0.4, 0.5) is 14.6 Å². The topological polar surface area (TPSA) is 112 Å². The number of aliphatic hydroxyl groups is 1. The number of nitrogens with zero attached hydrogens (tertiary/aromatic N) is 5. The molecule has 0 spiro atoms. The Labute approximate surface area is 169 Å². The summed E-state index contributed by atoms with van der Waals surface area (Å²) in [6.07, 6.45) is 0.642. The number of hydrogen-bond donors (Lipinski definition) is 2. The SMILES string of the molecule is CC(O)Oc1ccc(-c2cnc(N)c(-c3nnnn3-c3cccc(F)c3F)c2)cc1. The fourth-order valence-corrected chi connectivity index (χ4v) is 2.91. The molecule has 0 amide bonds. The minimum absolute atomic E-state index is 0.111. The highest BCUT2D eigenvalue weighted by atomic mass is 19.2. The first-order valence-electron chi connectivity index (χ1n) is 8.88. The number of tetrazole rings is 1. The summed E-state index contributed by atoms with van der Waals surface area (Å²) in [6.45, 7) is 1.51. The maximum atomic E-state index is 14.3. The highest BCUT2D eigenvalue weighted by Gasteiger charge is 2.19. The van der Waals surface area contributed by atoms with Crippen LogP contribution in [-0.2, 0) is 0 Å². The first kappa shape index (κ1) is 19.4. The second kappa shape index (κ2) is 7.84. The summed E-state index contributed by atoms with van der Waals surface area (Å²) < 4.78 is 34.2. The zero-order chi connectivity index (χ0) is 21.3. The Morgan fingerprint density at radius 3 is 2.60 bits per heavy atom. The van der Waals surface area contributed by atoms with Crippen LogP contribution in [0.3, 0.4) is 0 Å². The Bertz CT molecular complexity index is 1190. The number of nitrogen functional groups attached to an aromatic ring is 1. The summed E-state index contributed by atoms with van der Waals surface area (Å²) in [5.41, 5.74) is 7.70. The Morgan fingerprint density at radius 2 is 1.87 bits per heavy atom. The quantitative estimate of drug-likeness (QED) is 0.487. The average molecular weight is 410 g/mol. The molecule has 3 N–H and O–H groups in total. The molecule has 0 saturated heterocycles. The van der Waals surface area contributed by atoms with Gasteiger partial charge in [0.15, 0.2) is 23.7 Å². The van der Waals surface area contributed by atoms with Gasteiger partial charge in [0.05, 0.1) is 5.56 Å². The van der Waals surface area contributed by atoms with Crippen LogP contribution >= 0.6 is 0 Å². The third kappa shape index (κ3) is 3.67. The maximum Gasteiger partial charge on any atom is 0.194 e. The first-order valence-corrected chi connectivity index (χ1v) is 8.88. The lowest BCUT2D eigenvalue weighted by atomic mass is 10.0. The zero-order valence-electron chi connectivity index (χ0n) is 15.7. The van der Waals surface area contributed by atoms with Crippen LogP contribution < -0.4 is 10.5 Å². The van der Waals surface area contributed by atoms with Crippen molar-refractivity contribution in [2.75, 3.05) is 5.73 Å². The van der Waals surface area contributed by atoms with Gasteiger partial charge in [-0.05, 0) is 53.2 Å². The molecule has 2 aromatic carbocycles. The molecule has 1 atom stereocenters. The molecule has 2 aromatic heterocycles. The molecule has 2 heterocycles. The molecule has 1 unspecified atom stereocenters. The van der Waals surface area contributed by atoms with Gasteiger partial charge in [0.1, 0.15) is 17.3 Å². The number of nitrogens with two attached hydrogens (primary N) is 1. The number of rotatable bonds is 5. The van der Waals surface area contributed by atoms with E-state index in [1.807, 2.05) is 0 Å². The molecule has 4 rings (SSSR count). The molecule has 10 heteroatoms. The molecule has 4 aromatic rings. The second-order valence-electron chi connectivity index (χ2n) is 6.39. The van der Waals surface area contributed by atoms with Gasteiger partial charge in [-0.3, -0.25) is 0 Å². The second-order valence-corrected chi connectivity index (χ2v) is 6.39. The summed E-state index contributed by atoms with van der Waals surface area (Å²) in [7, 11) is 0. The Balaban J connectivity index is 1.76. The third-order valence-electron chi connectivity index (χ3n) is 4.28. The number of ether oxygens (including phenoxy) is 1. The Kier molecular flexibility index (Phi) is 5.07. The highest BCUT2D eigenvalue weighted by molar-refractivity contribution is 5.76. The van der Waals surface area contributed by atoms with Crippen LogP contribution in [0.25, 0.3) is 28.2 Å². The van der Waals surface area contributed by atoms with Crippen molar-refractivity contribution in [3.63, 3.8) is 0 Å². The fourth-order valence-electron chi connectivity index (χ4n) is 2.91. The van der Waals surface area contributed by atoms with Crippen LogP contribution in [0, 0.1) is 11.6 Å². The molecule has 30 heavy (non-hydrogen) atoms. The van der Waals surface area contributed by atoms with Gasteiger partial charge in [0.2, 0.25) is 0 Å². The lowest BCUT2D eigenvalue weighted by Crippen LogP contribution is -2.09. The number of benzene rings is 2. The van der Waals surface area contributed by atoms with Crippen molar-refractivity contribution < 1.29 is 18.6 Å². The summed E-state index contributed by atoms with van der Waals surface area (Å²) in [4.78, 5) is 4.19. The third-order valence-corrected chi connectivity index (χ3v) is 4.28. The first-order chi connectivity index (χ1) is 14.4. The van der Waals surface area contributed by atoms with E-state index in [9.17, 15) is 13.9 Å². The predicted octanol–water partition coefficient (Wildman–Crippen LogP) is 2.97. The number of anilines is 1. The maximum absolute atomic E-state index is 14.3. The normalized spacial score (nSPS) is 12.0. The molecule has 0 aliphatic carbocycles. The van der Waals surface area contributed by atoms with Crippen molar-refractivity contribution in [2.24, 2.45) is 0 Å². The molecule has 0 radical (unpaired) electrons. The van der Waals surface area contributed by atoms with Crippen molar-refractivity contribution in [3.05, 3.63) is 66.4 Å². The van der Waals surface area contributed by atoms with E-state index in [0.29, 0.717) is 16.9 Å². The van der Waals surface area contributed by atoms with E-state index < -0.39 is 17.9 Å². The van der Waals surface area contributed by atoms with E-state index in [4.69, 9.17) is 10.5 Å². The Hall–Kier alpha value is -3.92. The van der Waals surface area contributed by atoms with E-state index in [1.165, 1.54) is 19.1 Å². The van der Waals surface area contributed by atoms with Crippen molar-refractivity contribution in [3.8, 4) is 34.0 Å². The molecule has 0 saturated carbocycles. The van der Waals surface area contributed by atoms with Crippen LogP contribution in [0.15, 0.2) is 54.7 Å². The van der Waals surface area contributed by atoms with Gasteiger partial charge in [-0.1, -0.05) is 18.2 Å². The molecule has 0 bridgehead atoms. The number of pyridine rings is 1.